The van der Waals surface area contributed by atoms with Crippen molar-refractivity contribution in [2.45, 2.75) is 27.7 Å². The van der Waals surface area contributed by atoms with Crippen LogP contribution in [0.5, 0.6) is 0 Å². The highest BCUT2D eigenvalue weighted by Gasteiger charge is 2.17. The zero-order valence-electron chi connectivity index (χ0n) is 12.4. The average Bonchev–Trinajstić information content (AvgIpc) is 2.75. The molecular weight excluding hydrogens is 352 g/mol. The number of aryl methyl sites for hydroxylation is 3. The van der Waals surface area contributed by atoms with Gasteiger partial charge in [0, 0.05) is 9.35 Å². The highest BCUT2D eigenvalue weighted by atomic mass is 79.9. The van der Waals surface area contributed by atoms with E-state index in [0.717, 1.165) is 20.6 Å². The Morgan fingerprint density at radius 3 is 2.71 bits per heavy atom. The normalized spacial score (nSPS) is 10.5. The van der Waals surface area contributed by atoms with Gasteiger partial charge in [0.15, 0.2) is 10.8 Å². The fraction of sp³-hybridized carbons (Fsp3) is 0.333. The van der Waals surface area contributed by atoms with E-state index in [2.05, 4.69) is 32.3 Å². The van der Waals surface area contributed by atoms with Crippen LogP contribution in [0.2, 0.25) is 0 Å². The number of benzene rings is 1. The zero-order chi connectivity index (χ0) is 15.6. The predicted molar refractivity (Wildman–Crippen MR) is 89.7 cm³/mol. The van der Waals surface area contributed by atoms with Crippen LogP contribution in [-0.4, -0.2) is 17.6 Å². The maximum Gasteiger partial charge on any atom is 0.358 e. The molecule has 0 aliphatic rings. The Morgan fingerprint density at radius 1 is 1.38 bits per heavy atom. The van der Waals surface area contributed by atoms with Crippen LogP contribution < -0.4 is 5.32 Å². The van der Waals surface area contributed by atoms with Crippen LogP contribution in [0.4, 0.5) is 10.8 Å². The molecule has 0 aliphatic heterocycles. The number of aromatic nitrogens is 1. The van der Waals surface area contributed by atoms with Crippen molar-refractivity contribution in [1.82, 2.24) is 4.98 Å². The number of thiazole rings is 1. The number of esters is 1. The molecule has 6 heteroatoms. The van der Waals surface area contributed by atoms with Gasteiger partial charge in [0.25, 0.3) is 0 Å². The maximum atomic E-state index is 11.8. The van der Waals surface area contributed by atoms with Crippen LogP contribution in [-0.2, 0) is 4.74 Å². The molecule has 2 aromatic rings. The predicted octanol–water partition coefficient (Wildman–Crippen LogP) is 4.75. The number of anilines is 2. The van der Waals surface area contributed by atoms with E-state index in [-0.39, 0.29) is 5.97 Å². The summed E-state index contributed by atoms with van der Waals surface area (Å²) in [6, 6.07) is 4.14. The van der Waals surface area contributed by atoms with Crippen LogP contribution in [0.1, 0.15) is 33.4 Å². The number of carbonyl (C=O) groups is 1. The van der Waals surface area contributed by atoms with Crippen LogP contribution in [0, 0.1) is 20.8 Å². The third-order valence-corrected chi connectivity index (χ3v) is 4.44. The van der Waals surface area contributed by atoms with E-state index in [4.69, 9.17) is 4.74 Å². The number of rotatable bonds is 4. The molecule has 0 saturated heterocycles. The molecule has 1 aromatic heterocycles. The lowest BCUT2D eigenvalue weighted by atomic mass is 10.1. The van der Waals surface area contributed by atoms with Gasteiger partial charge in [0.05, 0.1) is 12.3 Å². The van der Waals surface area contributed by atoms with Gasteiger partial charge in [-0.2, -0.15) is 0 Å². The van der Waals surface area contributed by atoms with Crippen molar-refractivity contribution in [1.29, 1.82) is 0 Å². The molecule has 4 nitrogen and oxygen atoms in total. The van der Waals surface area contributed by atoms with Crippen molar-refractivity contribution in [2.75, 3.05) is 11.9 Å². The fourth-order valence-electron chi connectivity index (χ4n) is 2.02. The standard InChI is InChI=1S/C15H17BrN2O2S/c1-5-20-14(19)13-10(4)21-15(18-13)17-12-9(3)6-8(2)7-11(12)16/h6-7H,5H2,1-4H3,(H,17,18). The second-order valence-corrected chi connectivity index (χ2v) is 6.77. The molecule has 21 heavy (non-hydrogen) atoms. The number of hydrogen-bond donors (Lipinski definition) is 1. The second kappa shape index (κ2) is 6.58. The molecule has 0 spiro atoms. The van der Waals surface area contributed by atoms with Gasteiger partial charge in [-0.05, 0) is 60.8 Å². The molecule has 0 amide bonds. The summed E-state index contributed by atoms with van der Waals surface area (Å²) in [7, 11) is 0. The maximum absolute atomic E-state index is 11.8. The SMILES string of the molecule is CCOC(=O)c1nc(Nc2c(C)cc(C)cc2Br)sc1C. The van der Waals surface area contributed by atoms with Gasteiger partial charge in [-0.1, -0.05) is 6.07 Å². The zero-order valence-corrected chi connectivity index (χ0v) is 14.8. The molecular formula is C15H17BrN2O2S. The third-order valence-electron chi connectivity index (χ3n) is 2.93. The molecule has 1 heterocycles. The Morgan fingerprint density at radius 2 is 2.10 bits per heavy atom. The summed E-state index contributed by atoms with van der Waals surface area (Å²) in [6.07, 6.45) is 0. The Kier molecular flexibility index (Phi) is 5.00. The molecule has 1 N–H and O–H groups in total. The lowest BCUT2D eigenvalue weighted by Gasteiger charge is -2.10. The first-order valence-corrected chi connectivity index (χ1v) is 8.21. The summed E-state index contributed by atoms with van der Waals surface area (Å²) < 4.78 is 5.98. The van der Waals surface area contributed by atoms with E-state index in [1.54, 1.807) is 6.92 Å². The first kappa shape index (κ1) is 16.0. The van der Waals surface area contributed by atoms with E-state index < -0.39 is 0 Å². The van der Waals surface area contributed by atoms with Gasteiger partial charge in [-0.15, -0.1) is 11.3 Å². The molecule has 0 atom stereocenters. The Hall–Kier alpha value is -1.40. The smallest absolute Gasteiger partial charge is 0.358 e. The molecule has 0 fully saturated rings. The Bertz CT molecular complexity index is 659. The lowest BCUT2D eigenvalue weighted by molar-refractivity contribution is 0.0519. The Balaban J connectivity index is 2.29. The van der Waals surface area contributed by atoms with Gasteiger partial charge in [0.1, 0.15) is 0 Å². The lowest BCUT2D eigenvalue weighted by Crippen LogP contribution is -2.06. The van der Waals surface area contributed by atoms with Crippen LogP contribution in [0.25, 0.3) is 0 Å². The Labute approximate surface area is 136 Å². The first-order valence-electron chi connectivity index (χ1n) is 6.60. The third kappa shape index (κ3) is 3.63. The average molecular weight is 369 g/mol. The summed E-state index contributed by atoms with van der Waals surface area (Å²) >= 11 is 5.00. The molecule has 0 aliphatic carbocycles. The molecule has 0 saturated carbocycles. The topological polar surface area (TPSA) is 51.2 Å². The largest absolute Gasteiger partial charge is 0.461 e. The van der Waals surface area contributed by atoms with Gasteiger partial charge in [-0.3, -0.25) is 0 Å². The van der Waals surface area contributed by atoms with E-state index in [0.29, 0.717) is 17.4 Å². The van der Waals surface area contributed by atoms with Crippen LogP contribution in [0.15, 0.2) is 16.6 Å². The summed E-state index contributed by atoms with van der Waals surface area (Å²) in [5.74, 6) is -0.376. The monoisotopic (exact) mass is 368 g/mol. The second-order valence-electron chi connectivity index (χ2n) is 4.71. The van der Waals surface area contributed by atoms with Crippen molar-refractivity contribution in [3.05, 3.63) is 38.3 Å². The first-order chi connectivity index (χ1) is 9.92. The van der Waals surface area contributed by atoms with E-state index >= 15 is 0 Å². The molecule has 2 rings (SSSR count). The summed E-state index contributed by atoms with van der Waals surface area (Å²) in [4.78, 5) is 17.0. The van der Waals surface area contributed by atoms with Gasteiger partial charge >= 0.3 is 5.97 Å². The number of hydrogen-bond acceptors (Lipinski definition) is 5. The highest BCUT2D eigenvalue weighted by molar-refractivity contribution is 9.10. The number of carbonyl (C=O) groups excluding carboxylic acids is 1. The quantitative estimate of drug-likeness (QED) is 0.790. The molecule has 0 bridgehead atoms. The fourth-order valence-corrected chi connectivity index (χ4v) is 3.60. The van der Waals surface area contributed by atoms with Gasteiger partial charge in [-0.25, -0.2) is 9.78 Å². The highest BCUT2D eigenvalue weighted by Crippen LogP contribution is 2.33. The van der Waals surface area contributed by atoms with E-state index in [1.807, 2.05) is 26.8 Å². The number of nitrogens with one attached hydrogen (secondary N) is 1. The molecule has 0 unspecified atom stereocenters. The van der Waals surface area contributed by atoms with Crippen molar-refractivity contribution in [3.63, 3.8) is 0 Å². The number of nitrogens with zero attached hydrogens (tertiary/aromatic N) is 1. The molecule has 1 aromatic carbocycles. The van der Waals surface area contributed by atoms with Gasteiger partial charge < -0.3 is 10.1 Å². The van der Waals surface area contributed by atoms with Crippen molar-refractivity contribution in [3.8, 4) is 0 Å². The summed E-state index contributed by atoms with van der Waals surface area (Å²) in [5.41, 5.74) is 3.65. The minimum atomic E-state index is -0.376. The summed E-state index contributed by atoms with van der Waals surface area (Å²) in [5, 5.41) is 3.96. The number of halogens is 1. The molecule has 0 radical (unpaired) electrons. The van der Waals surface area contributed by atoms with E-state index in [1.165, 1.54) is 16.9 Å². The molecule has 112 valence electrons. The minimum Gasteiger partial charge on any atom is -0.461 e. The minimum absolute atomic E-state index is 0.348. The van der Waals surface area contributed by atoms with Gasteiger partial charge in [0.2, 0.25) is 0 Å². The summed E-state index contributed by atoms with van der Waals surface area (Å²) in [6.45, 7) is 8.08. The van der Waals surface area contributed by atoms with Crippen molar-refractivity contribution in [2.24, 2.45) is 0 Å². The van der Waals surface area contributed by atoms with Crippen molar-refractivity contribution >= 4 is 44.1 Å². The van der Waals surface area contributed by atoms with Crippen LogP contribution in [0.3, 0.4) is 0 Å². The van der Waals surface area contributed by atoms with E-state index in [9.17, 15) is 4.79 Å². The van der Waals surface area contributed by atoms with Crippen molar-refractivity contribution < 1.29 is 9.53 Å². The van der Waals surface area contributed by atoms with Crippen LogP contribution >= 0.6 is 27.3 Å². The number of ether oxygens (including phenoxy) is 1.